The van der Waals surface area contributed by atoms with Crippen molar-refractivity contribution in [1.82, 2.24) is 9.91 Å². The minimum atomic E-state index is 0.819. The molecule has 0 unspecified atom stereocenters. The van der Waals surface area contributed by atoms with E-state index >= 15 is 0 Å². The first-order valence-corrected chi connectivity index (χ1v) is 7.82. The summed E-state index contributed by atoms with van der Waals surface area (Å²) in [7, 11) is 0. The molecule has 0 bridgehead atoms. The Morgan fingerprint density at radius 3 is 2.36 bits per heavy atom. The Bertz CT molecular complexity index is 622. The van der Waals surface area contributed by atoms with Gasteiger partial charge < -0.3 is 4.42 Å². The smallest absolute Gasteiger partial charge is 0.147 e. The van der Waals surface area contributed by atoms with Crippen LogP contribution in [0.15, 0.2) is 45.9 Å². The highest BCUT2D eigenvalue weighted by atomic mass is 16.3. The van der Waals surface area contributed by atoms with Crippen molar-refractivity contribution in [3.63, 3.8) is 0 Å². The first-order valence-electron chi connectivity index (χ1n) is 7.82. The first kappa shape index (κ1) is 14.9. The van der Waals surface area contributed by atoms with Gasteiger partial charge in [-0.2, -0.15) is 5.10 Å². The lowest BCUT2D eigenvalue weighted by atomic mass is 10.1. The molecule has 1 aromatic heterocycles. The van der Waals surface area contributed by atoms with Gasteiger partial charge in [0.2, 0.25) is 0 Å². The summed E-state index contributed by atoms with van der Waals surface area (Å²) in [6.07, 6.45) is 1.81. The van der Waals surface area contributed by atoms with Crippen molar-refractivity contribution in [1.29, 1.82) is 0 Å². The van der Waals surface area contributed by atoms with E-state index in [1.807, 2.05) is 25.3 Å². The summed E-state index contributed by atoms with van der Waals surface area (Å²) in [4.78, 5) is 2.48. The Hall–Kier alpha value is -2.07. The fraction of sp³-hybridized carbons (Fsp3) is 0.389. The normalized spacial score (nSPS) is 16.5. The largest absolute Gasteiger partial charge is 0.460 e. The lowest BCUT2D eigenvalue weighted by Gasteiger charge is -2.33. The molecule has 0 amide bonds. The second-order valence-corrected chi connectivity index (χ2v) is 5.91. The zero-order valence-corrected chi connectivity index (χ0v) is 13.3. The molecule has 0 aliphatic carbocycles. The van der Waals surface area contributed by atoms with Gasteiger partial charge in [0.1, 0.15) is 11.5 Å². The number of benzene rings is 1. The number of furan rings is 1. The SMILES string of the molecule is Cc1ccc(CN2CCN(N=Cc3ccc(C)o3)CC2)cc1. The predicted octanol–water partition coefficient (Wildman–Crippen LogP) is 3.05. The number of hydrogen-bond donors (Lipinski definition) is 0. The molecule has 4 heteroatoms. The van der Waals surface area contributed by atoms with Crippen LogP contribution in [0.25, 0.3) is 0 Å². The summed E-state index contributed by atoms with van der Waals surface area (Å²) in [5.74, 6) is 1.74. The second-order valence-electron chi connectivity index (χ2n) is 5.91. The summed E-state index contributed by atoms with van der Waals surface area (Å²) in [6, 6.07) is 12.7. The van der Waals surface area contributed by atoms with Gasteiger partial charge in [-0.25, -0.2) is 0 Å². The van der Waals surface area contributed by atoms with Crippen LogP contribution in [0.2, 0.25) is 0 Å². The maximum absolute atomic E-state index is 5.50. The van der Waals surface area contributed by atoms with Gasteiger partial charge in [0.05, 0.1) is 6.21 Å². The summed E-state index contributed by atoms with van der Waals surface area (Å²) >= 11 is 0. The molecule has 0 spiro atoms. The highest BCUT2D eigenvalue weighted by Crippen LogP contribution is 2.10. The van der Waals surface area contributed by atoms with E-state index < -0.39 is 0 Å². The van der Waals surface area contributed by atoms with Gasteiger partial charge in [-0.05, 0) is 31.5 Å². The van der Waals surface area contributed by atoms with Crippen LogP contribution in [0.4, 0.5) is 0 Å². The molecule has 22 heavy (non-hydrogen) atoms. The Labute approximate surface area is 132 Å². The van der Waals surface area contributed by atoms with Crippen molar-refractivity contribution in [2.75, 3.05) is 26.2 Å². The van der Waals surface area contributed by atoms with Crippen LogP contribution in [-0.4, -0.2) is 42.3 Å². The molecule has 1 saturated heterocycles. The fourth-order valence-electron chi connectivity index (χ4n) is 2.62. The summed E-state index contributed by atoms with van der Waals surface area (Å²) in [6.45, 7) is 9.10. The number of aryl methyl sites for hydroxylation is 2. The van der Waals surface area contributed by atoms with Gasteiger partial charge in [-0.1, -0.05) is 29.8 Å². The van der Waals surface area contributed by atoms with Crippen LogP contribution >= 0.6 is 0 Å². The van der Waals surface area contributed by atoms with Crippen molar-refractivity contribution in [2.24, 2.45) is 5.10 Å². The molecular formula is C18H23N3O. The molecule has 1 aromatic carbocycles. The van der Waals surface area contributed by atoms with Gasteiger partial charge in [0, 0.05) is 32.7 Å². The molecule has 2 heterocycles. The quantitative estimate of drug-likeness (QED) is 0.813. The number of hydrazone groups is 1. The van der Waals surface area contributed by atoms with Gasteiger partial charge in [0.15, 0.2) is 0 Å². The summed E-state index contributed by atoms with van der Waals surface area (Å²) in [5, 5.41) is 6.62. The van der Waals surface area contributed by atoms with E-state index in [-0.39, 0.29) is 0 Å². The maximum atomic E-state index is 5.50. The minimum Gasteiger partial charge on any atom is -0.460 e. The van der Waals surface area contributed by atoms with Crippen LogP contribution in [0.5, 0.6) is 0 Å². The zero-order valence-electron chi connectivity index (χ0n) is 13.3. The Kier molecular flexibility index (Phi) is 4.59. The molecule has 1 aliphatic rings. The maximum Gasteiger partial charge on any atom is 0.147 e. The van der Waals surface area contributed by atoms with Gasteiger partial charge in [-0.15, -0.1) is 0 Å². The Morgan fingerprint density at radius 2 is 1.73 bits per heavy atom. The average Bonchev–Trinajstić information content (AvgIpc) is 2.94. The Morgan fingerprint density at radius 1 is 1.00 bits per heavy atom. The first-order chi connectivity index (χ1) is 10.7. The van der Waals surface area contributed by atoms with E-state index in [4.69, 9.17) is 4.42 Å². The van der Waals surface area contributed by atoms with E-state index in [2.05, 4.69) is 46.2 Å². The Balaban J connectivity index is 1.48. The predicted molar refractivity (Wildman–Crippen MR) is 89.1 cm³/mol. The summed E-state index contributed by atoms with van der Waals surface area (Å²) < 4.78 is 5.50. The molecule has 0 saturated carbocycles. The third-order valence-electron chi connectivity index (χ3n) is 3.98. The molecule has 0 radical (unpaired) electrons. The van der Waals surface area contributed by atoms with Gasteiger partial charge >= 0.3 is 0 Å². The number of rotatable bonds is 4. The molecule has 4 nitrogen and oxygen atoms in total. The molecule has 3 rings (SSSR count). The van der Waals surface area contributed by atoms with Crippen molar-refractivity contribution in [3.8, 4) is 0 Å². The highest BCUT2D eigenvalue weighted by molar-refractivity contribution is 5.75. The van der Waals surface area contributed by atoms with E-state index in [1.54, 1.807) is 0 Å². The second kappa shape index (κ2) is 6.79. The molecule has 1 aliphatic heterocycles. The van der Waals surface area contributed by atoms with Crippen molar-refractivity contribution in [2.45, 2.75) is 20.4 Å². The van der Waals surface area contributed by atoms with Crippen LogP contribution in [-0.2, 0) is 6.54 Å². The molecule has 2 aromatic rings. The van der Waals surface area contributed by atoms with E-state index in [0.29, 0.717) is 0 Å². The van der Waals surface area contributed by atoms with E-state index in [1.165, 1.54) is 11.1 Å². The van der Waals surface area contributed by atoms with Crippen molar-refractivity contribution >= 4 is 6.21 Å². The van der Waals surface area contributed by atoms with Crippen LogP contribution in [0.3, 0.4) is 0 Å². The molecule has 1 fully saturated rings. The highest BCUT2D eigenvalue weighted by Gasteiger charge is 2.15. The molecule has 0 atom stereocenters. The van der Waals surface area contributed by atoms with E-state index in [9.17, 15) is 0 Å². The zero-order chi connectivity index (χ0) is 15.4. The van der Waals surface area contributed by atoms with Crippen molar-refractivity contribution in [3.05, 3.63) is 59.0 Å². The molecule has 116 valence electrons. The standard InChI is InChI=1S/C18H23N3O/c1-15-3-6-17(7-4-15)14-20-9-11-21(12-10-20)19-13-18-8-5-16(2)22-18/h3-8,13H,9-12,14H2,1-2H3. The average molecular weight is 297 g/mol. The fourth-order valence-corrected chi connectivity index (χ4v) is 2.62. The van der Waals surface area contributed by atoms with Crippen LogP contribution in [0.1, 0.15) is 22.6 Å². The third kappa shape index (κ3) is 3.98. The number of piperazine rings is 1. The summed E-state index contributed by atoms with van der Waals surface area (Å²) in [5.41, 5.74) is 2.70. The van der Waals surface area contributed by atoms with E-state index in [0.717, 1.165) is 44.2 Å². The minimum absolute atomic E-state index is 0.819. The van der Waals surface area contributed by atoms with Gasteiger partial charge in [0.25, 0.3) is 0 Å². The lowest BCUT2D eigenvalue weighted by Crippen LogP contribution is -2.43. The third-order valence-corrected chi connectivity index (χ3v) is 3.98. The number of nitrogens with zero attached hydrogens (tertiary/aromatic N) is 3. The topological polar surface area (TPSA) is 32.0 Å². The number of hydrogen-bond acceptors (Lipinski definition) is 4. The van der Waals surface area contributed by atoms with Crippen molar-refractivity contribution < 1.29 is 4.42 Å². The molecular weight excluding hydrogens is 274 g/mol. The van der Waals surface area contributed by atoms with Gasteiger partial charge in [-0.3, -0.25) is 9.91 Å². The van der Waals surface area contributed by atoms with Crippen LogP contribution in [0, 0.1) is 13.8 Å². The van der Waals surface area contributed by atoms with Crippen LogP contribution < -0.4 is 0 Å². The monoisotopic (exact) mass is 297 g/mol. The lowest BCUT2D eigenvalue weighted by molar-refractivity contribution is 0.131. The molecule has 0 N–H and O–H groups in total.